The normalized spacial score (nSPS) is 11.0. The Bertz CT molecular complexity index is 882. The third-order valence-electron chi connectivity index (χ3n) is 4.19. The Kier molecular flexibility index (Phi) is 3.23. The van der Waals surface area contributed by atoms with Gasteiger partial charge in [-0.15, -0.1) is 0 Å². The van der Waals surface area contributed by atoms with E-state index in [1.807, 2.05) is 4.68 Å². The van der Waals surface area contributed by atoms with Gasteiger partial charge in [0.25, 0.3) is 0 Å². The van der Waals surface area contributed by atoms with Gasteiger partial charge < -0.3 is 0 Å². The first kappa shape index (κ1) is 13.8. The van der Waals surface area contributed by atoms with Crippen molar-refractivity contribution in [3.05, 3.63) is 83.9 Å². The molecule has 112 valence electrons. The number of nitrogens with zero attached hydrogens (tertiary/aromatic N) is 2. The van der Waals surface area contributed by atoms with Gasteiger partial charge in [-0.05, 0) is 32.0 Å². The second-order valence-electron chi connectivity index (χ2n) is 5.98. The van der Waals surface area contributed by atoms with Crippen LogP contribution >= 0.6 is 0 Å². The number of hydrogen-bond donors (Lipinski definition) is 0. The molecule has 0 saturated heterocycles. The second kappa shape index (κ2) is 5.40. The third kappa shape index (κ3) is 2.42. The lowest BCUT2D eigenvalue weighted by molar-refractivity contribution is 0.914. The Morgan fingerprint density at radius 2 is 1.30 bits per heavy atom. The number of fused-ring (bicyclic) bond motifs is 1. The lowest BCUT2D eigenvalue weighted by Crippen LogP contribution is -1.96. The Morgan fingerprint density at radius 3 is 2.00 bits per heavy atom. The first-order chi connectivity index (χ1) is 11.2. The number of para-hydroxylation sites is 1. The van der Waals surface area contributed by atoms with Crippen LogP contribution in [0.25, 0.3) is 27.8 Å². The lowest BCUT2D eigenvalue weighted by Gasteiger charge is -2.03. The van der Waals surface area contributed by atoms with Gasteiger partial charge in [0.05, 0.1) is 11.2 Å². The molecule has 0 unspecified atom stereocenters. The van der Waals surface area contributed by atoms with E-state index in [4.69, 9.17) is 5.10 Å². The Hall–Kier alpha value is -2.87. The quantitative estimate of drug-likeness (QED) is 0.490. The van der Waals surface area contributed by atoms with Crippen molar-refractivity contribution in [3.8, 4) is 16.9 Å². The first-order valence-corrected chi connectivity index (χ1v) is 7.84. The summed E-state index contributed by atoms with van der Waals surface area (Å²) in [6, 6.07) is 25.4. The third-order valence-corrected chi connectivity index (χ3v) is 4.19. The Morgan fingerprint density at radius 1 is 0.696 bits per heavy atom. The Labute approximate surface area is 136 Å². The van der Waals surface area contributed by atoms with Gasteiger partial charge in [-0.25, -0.2) is 4.68 Å². The molecule has 2 nitrogen and oxygen atoms in total. The largest absolute Gasteiger partial charge is 0.232 e. The minimum absolute atomic E-state index is 1.03. The van der Waals surface area contributed by atoms with Crippen LogP contribution in [-0.2, 0) is 0 Å². The second-order valence-corrected chi connectivity index (χ2v) is 5.98. The first-order valence-electron chi connectivity index (χ1n) is 7.84. The molecular formula is C21H18N2. The lowest BCUT2D eigenvalue weighted by atomic mass is 10.1. The fraction of sp³-hybridized carbons (Fsp3) is 0.0952. The fourth-order valence-electron chi connectivity index (χ4n) is 2.87. The minimum Gasteiger partial charge on any atom is -0.232 e. The molecule has 0 N–H and O–H groups in total. The van der Waals surface area contributed by atoms with Crippen molar-refractivity contribution < 1.29 is 0 Å². The number of hydrogen-bond acceptors (Lipinski definition) is 1. The summed E-state index contributed by atoms with van der Waals surface area (Å²) in [5.41, 5.74) is 6.91. The predicted octanol–water partition coefficient (Wildman–Crippen LogP) is 5.31. The zero-order chi connectivity index (χ0) is 15.8. The molecule has 0 atom stereocenters. The average molecular weight is 298 g/mol. The summed E-state index contributed by atoms with van der Waals surface area (Å²) in [4.78, 5) is 0. The average Bonchev–Trinajstić information content (AvgIpc) is 2.96. The van der Waals surface area contributed by atoms with Gasteiger partial charge in [0.2, 0.25) is 0 Å². The van der Waals surface area contributed by atoms with Crippen LogP contribution < -0.4 is 0 Å². The molecule has 0 fully saturated rings. The number of benzene rings is 3. The van der Waals surface area contributed by atoms with E-state index in [-0.39, 0.29) is 0 Å². The van der Waals surface area contributed by atoms with Crippen molar-refractivity contribution in [2.24, 2.45) is 0 Å². The van der Waals surface area contributed by atoms with Crippen molar-refractivity contribution in [1.82, 2.24) is 9.78 Å². The van der Waals surface area contributed by atoms with E-state index in [1.54, 1.807) is 0 Å². The van der Waals surface area contributed by atoms with Crippen LogP contribution in [0.2, 0.25) is 0 Å². The molecule has 0 saturated carbocycles. The van der Waals surface area contributed by atoms with E-state index in [1.165, 1.54) is 16.5 Å². The summed E-state index contributed by atoms with van der Waals surface area (Å²) in [6.07, 6.45) is 0. The molecule has 0 radical (unpaired) electrons. The summed E-state index contributed by atoms with van der Waals surface area (Å²) in [7, 11) is 0. The highest BCUT2D eigenvalue weighted by atomic mass is 15.3. The van der Waals surface area contributed by atoms with Gasteiger partial charge in [0.15, 0.2) is 0 Å². The van der Waals surface area contributed by atoms with Gasteiger partial charge in [-0.3, -0.25) is 0 Å². The van der Waals surface area contributed by atoms with E-state index in [2.05, 4.69) is 86.6 Å². The summed E-state index contributed by atoms with van der Waals surface area (Å²) < 4.78 is 2.03. The SMILES string of the molecule is Cc1ccc(-c2nn(-c3ccc(C)cc3)c3ccccc23)cc1. The zero-order valence-corrected chi connectivity index (χ0v) is 13.3. The number of aryl methyl sites for hydroxylation is 2. The summed E-state index contributed by atoms with van der Waals surface area (Å²) in [5.74, 6) is 0. The van der Waals surface area contributed by atoms with Gasteiger partial charge in [0, 0.05) is 10.9 Å². The standard InChI is InChI=1S/C21H18N2/c1-15-7-11-17(12-8-15)21-19-5-3-4-6-20(19)23(22-21)18-13-9-16(2)10-14-18/h3-14H,1-2H3. The molecule has 23 heavy (non-hydrogen) atoms. The van der Waals surface area contributed by atoms with Gasteiger partial charge >= 0.3 is 0 Å². The van der Waals surface area contributed by atoms with Gasteiger partial charge in [-0.2, -0.15) is 5.10 Å². The molecule has 1 aromatic heterocycles. The molecule has 0 aliphatic heterocycles. The summed E-state index contributed by atoms with van der Waals surface area (Å²) in [6.45, 7) is 4.20. The van der Waals surface area contributed by atoms with Crippen molar-refractivity contribution in [3.63, 3.8) is 0 Å². The topological polar surface area (TPSA) is 17.8 Å². The zero-order valence-electron chi connectivity index (χ0n) is 13.3. The number of aromatic nitrogens is 2. The highest BCUT2D eigenvalue weighted by Gasteiger charge is 2.12. The maximum atomic E-state index is 4.91. The van der Waals surface area contributed by atoms with Crippen LogP contribution in [0.1, 0.15) is 11.1 Å². The van der Waals surface area contributed by atoms with Gasteiger partial charge in [-0.1, -0.05) is 65.7 Å². The summed E-state index contributed by atoms with van der Waals surface area (Å²) in [5, 5.41) is 6.08. The van der Waals surface area contributed by atoms with Crippen molar-refractivity contribution >= 4 is 10.9 Å². The van der Waals surface area contributed by atoms with Crippen LogP contribution in [0.5, 0.6) is 0 Å². The monoisotopic (exact) mass is 298 g/mol. The van der Waals surface area contributed by atoms with E-state index in [9.17, 15) is 0 Å². The molecule has 4 aromatic rings. The molecule has 4 rings (SSSR count). The van der Waals surface area contributed by atoms with E-state index < -0.39 is 0 Å². The molecule has 0 aliphatic carbocycles. The van der Waals surface area contributed by atoms with E-state index >= 15 is 0 Å². The van der Waals surface area contributed by atoms with Crippen molar-refractivity contribution in [2.75, 3.05) is 0 Å². The molecule has 0 spiro atoms. The van der Waals surface area contributed by atoms with Crippen LogP contribution in [0.15, 0.2) is 72.8 Å². The highest BCUT2D eigenvalue weighted by Crippen LogP contribution is 2.29. The molecule has 3 aromatic carbocycles. The molecule has 0 amide bonds. The highest BCUT2D eigenvalue weighted by molar-refractivity contribution is 5.94. The van der Waals surface area contributed by atoms with Crippen LogP contribution in [0.3, 0.4) is 0 Å². The maximum absolute atomic E-state index is 4.91. The van der Waals surface area contributed by atoms with E-state index in [0.717, 1.165) is 22.5 Å². The van der Waals surface area contributed by atoms with E-state index in [0.29, 0.717) is 0 Å². The fourth-order valence-corrected chi connectivity index (χ4v) is 2.87. The predicted molar refractivity (Wildman–Crippen MR) is 96.0 cm³/mol. The van der Waals surface area contributed by atoms with Gasteiger partial charge in [0.1, 0.15) is 5.69 Å². The molecule has 1 heterocycles. The molecular weight excluding hydrogens is 280 g/mol. The van der Waals surface area contributed by atoms with Crippen molar-refractivity contribution in [2.45, 2.75) is 13.8 Å². The summed E-state index contributed by atoms with van der Waals surface area (Å²) >= 11 is 0. The molecule has 0 aliphatic rings. The van der Waals surface area contributed by atoms with Crippen LogP contribution in [0, 0.1) is 13.8 Å². The number of rotatable bonds is 2. The van der Waals surface area contributed by atoms with Crippen LogP contribution in [-0.4, -0.2) is 9.78 Å². The molecule has 2 heteroatoms. The van der Waals surface area contributed by atoms with Crippen LogP contribution in [0.4, 0.5) is 0 Å². The Balaban J connectivity index is 1.96. The maximum Gasteiger partial charge on any atom is 0.101 e. The molecule has 0 bridgehead atoms. The smallest absolute Gasteiger partial charge is 0.101 e. The van der Waals surface area contributed by atoms with Crippen molar-refractivity contribution in [1.29, 1.82) is 0 Å². The minimum atomic E-state index is 1.03.